The zero-order valence-electron chi connectivity index (χ0n) is 14.2. The second-order valence-corrected chi connectivity index (χ2v) is 7.05. The van der Waals surface area contributed by atoms with E-state index >= 15 is 0 Å². The molecule has 0 saturated carbocycles. The van der Waals surface area contributed by atoms with Gasteiger partial charge in [-0.3, -0.25) is 4.90 Å². The van der Waals surface area contributed by atoms with Crippen molar-refractivity contribution in [1.82, 2.24) is 20.1 Å². The van der Waals surface area contributed by atoms with E-state index in [4.69, 9.17) is 4.74 Å². The summed E-state index contributed by atoms with van der Waals surface area (Å²) in [5.41, 5.74) is 0. The van der Waals surface area contributed by atoms with Crippen molar-refractivity contribution in [1.29, 1.82) is 0 Å². The quantitative estimate of drug-likeness (QED) is 0.776. The van der Waals surface area contributed by atoms with Gasteiger partial charge in [-0.15, -0.1) is 11.3 Å². The van der Waals surface area contributed by atoms with Gasteiger partial charge in [0.2, 0.25) is 0 Å². The lowest BCUT2D eigenvalue weighted by molar-refractivity contribution is 0.0372. The zero-order valence-corrected chi connectivity index (χ0v) is 15.0. The fraction of sp³-hybridized carbons (Fsp3) is 0.750. The topological polar surface area (TPSA) is 60.9 Å². The third-order valence-corrected chi connectivity index (χ3v) is 5.37. The lowest BCUT2D eigenvalue weighted by Crippen LogP contribution is -2.52. The van der Waals surface area contributed by atoms with Crippen molar-refractivity contribution in [2.24, 2.45) is 0 Å². The van der Waals surface area contributed by atoms with Crippen molar-refractivity contribution in [3.05, 3.63) is 11.6 Å². The number of hydrogen-bond donors (Lipinski definition) is 1. The Bertz CT molecular complexity index is 485. The molecule has 0 aromatic carbocycles. The number of hydrogen-bond acceptors (Lipinski definition) is 6. The second-order valence-electron chi connectivity index (χ2n) is 6.18. The van der Waals surface area contributed by atoms with Crippen LogP contribution in [-0.2, 0) is 4.74 Å². The van der Waals surface area contributed by atoms with Crippen molar-refractivity contribution in [3.8, 4) is 0 Å². The fourth-order valence-corrected chi connectivity index (χ4v) is 3.76. The van der Waals surface area contributed by atoms with E-state index in [1.165, 1.54) is 0 Å². The molecule has 134 valence electrons. The smallest absolute Gasteiger partial charge is 0.317 e. The number of ether oxygens (including phenoxy) is 1. The Hall–Kier alpha value is -1.38. The Morgan fingerprint density at radius 2 is 1.96 bits per heavy atom. The first-order valence-corrected chi connectivity index (χ1v) is 9.68. The maximum absolute atomic E-state index is 12.2. The molecule has 0 atom stereocenters. The summed E-state index contributed by atoms with van der Waals surface area (Å²) in [6.45, 7) is 8.88. The van der Waals surface area contributed by atoms with E-state index in [0.717, 1.165) is 83.5 Å². The minimum absolute atomic E-state index is 0.0696. The van der Waals surface area contributed by atoms with Gasteiger partial charge in [0.1, 0.15) is 0 Å². The lowest BCUT2D eigenvalue weighted by Gasteiger charge is -2.34. The van der Waals surface area contributed by atoms with E-state index in [9.17, 15) is 4.79 Å². The van der Waals surface area contributed by atoms with Crippen LogP contribution in [0.2, 0.25) is 0 Å². The van der Waals surface area contributed by atoms with Gasteiger partial charge in [-0.1, -0.05) is 0 Å². The monoisotopic (exact) mass is 353 g/mol. The SMILES string of the molecule is O=C(NCCCCN1CCOCC1)N1CCN(c2nccs2)CC1. The third-order valence-electron chi connectivity index (χ3n) is 4.54. The van der Waals surface area contributed by atoms with Crippen molar-refractivity contribution in [3.63, 3.8) is 0 Å². The molecule has 8 heteroatoms. The lowest BCUT2D eigenvalue weighted by atomic mass is 10.2. The predicted molar refractivity (Wildman–Crippen MR) is 95.8 cm³/mol. The number of nitrogens with zero attached hydrogens (tertiary/aromatic N) is 4. The highest BCUT2D eigenvalue weighted by atomic mass is 32.1. The van der Waals surface area contributed by atoms with Crippen molar-refractivity contribution >= 4 is 22.5 Å². The molecular formula is C16H27N5O2S. The predicted octanol–water partition coefficient (Wildman–Crippen LogP) is 1.09. The molecule has 2 saturated heterocycles. The van der Waals surface area contributed by atoms with Crippen LogP contribution >= 0.6 is 11.3 Å². The Morgan fingerprint density at radius 3 is 2.67 bits per heavy atom. The maximum atomic E-state index is 12.2. The average Bonchev–Trinajstić information content (AvgIpc) is 3.17. The Balaban J connectivity index is 1.26. The van der Waals surface area contributed by atoms with Crippen LogP contribution in [0.3, 0.4) is 0 Å². The van der Waals surface area contributed by atoms with Gasteiger partial charge in [0.05, 0.1) is 13.2 Å². The number of nitrogens with one attached hydrogen (secondary N) is 1. The molecule has 0 radical (unpaired) electrons. The molecule has 1 N–H and O–H groups in total. The number of morpholine rings is 1. The van der Waals surface area contributed by atoms with Crippen LogP contribution in [0.15, 0.2) is 11.6 Å². The Morgan fingerprint density at radius 1 is 1.17 bits per heavy atom. The average molecular weight is 353 g/mol. The number of aromatic nitrogens is 1. The molecule has 1 aromatic rings. The summed E-state index contributed by atoms with van der Waals surface area (Å²) in [6, 6.07) is 0.0696. The number of thiazole rings is 1. The molecule has 0 aliphatic carbocycles. The minimum atomic E-state index is 0.0696. The van der Waals surface area contributed by atoms with Crippen molar-refractivity contribution < 1.29 is 9.53 Å². The highest BCUT2D eigenvalue weighted by molar-refractivity contribution is 7.13. The van der Waals surface area contributed by atoms with Crippen LogP contribution in [0, 0.1) is 0 Å². The van der Waals surface area contributed by atoms with Crippen LogP contribution in [0.4, 0.5) is 9.93 Å². The summed E-state index contributed by atoms with van der Waals surface area (Å²) in [7, 11) is 0. The number of carbonyl (C=O) groups is 1. The summed E-state index contributed by atoms with van der Waals surface area (Å²) in [5, 5.41) is 6.10. The summed E-state index contributed by atoms with van der Waals surface area (Å²) >= 11 is 1.65. The van der Waals surface area contributed by atoms with E-state index in [-0.39, 0.29) is 6.03 Å². The molecule has 3 rings (SSSR count). The molecule has 7 nitrogen and oxygen atoms in total. The molecule has 3 heterocycles. The van der Waals surface area contributed by atoms with Crippen LogP contribution in [0.5, 0.6) is 0 Å². The summed E-state index contributed by atoms with van der Waals surface area (Å²) in [4.78, 5) is 23.1. The Labute approximate surface area is 147 Å². The molecule has 2 aliphatic heterocycles. The summed E-state index contributed by atoms with van der Waals surface area (Å²) < 4.78 is 5.35. The van der Waals surface area contributed by atoms with E-state index < -0.39 is 0 Å². The van der Waals surface area contributed by atoms with Crippen LogP contribution < -0.4 is 10.2 Å². The number of unbranched alkanes of at least 4 members (excludes halogenated alkanes) is 1. The first-order chi connectivity index (χ1) is 11.8. The normalized spacial score (nSPS) is 19.5. The Kier molecular flexibility index (Phi) is 6.68. The molecule has 0 unspecified atom stereocenters. The van der Waals surface area contributed by atoms with Gasteiger partial charge in [-0.25, -0.2) is 9.78 Å². The van der Waals surface area contributed by atoms with Crippen LogP contribution in [-0.4, -0.2) is 86.4 Å². The highest BCUT2D eigenvalue weighted by Gasteiger charge is 2.21. The van der Waals surface area contributed by atoms with E-state index in [2.05, 4.69) is 20.1 Å². The fourth-order valence-electron chi connectivity index (χ4n) is 3.07. The second kappa shape index (κ2) is 9.19. The van der Waals surface area contributed by atoms with E-state index in [1.807, 2.05) is 16.5 Å². The molecule has 2 aliphatic rings. The minimum Gasteiger partial charge on any atom is -0.379 e. The summed E-state index contributed by atoms with van der Waals surface area (Å²) in [5.74, 6) is 0. The number of amides is 2. The van der Waals surface area contributed by atoms with Gasteiger partial charge in [0, 0.05) is 57.4 Å². The van der Waals surface area contributed by atoms with Crippen LogP contribution in [0.1, 0.15) is 12.8 Å². The molecule has 0 bridgehead atoms. The van der Waals surface area contributed by atoms with Gasteiger partial charge < -0.3 is 19.9 Å². The maximum Gasteiger partial charge on any atom is 0.317 e. The number of rotatable bonds is 6. The largest absolute Gasteiger partial charge is 0.379 e. The summed E-state index contributed by atoms with van der Waals surface area (Å²) in [6.07, 6.45) is 3.98. The molecule has 1 aromatic heterocycles. The molecular weight excluding hydrogens is 326 g/mol. The van der Waals surface area contributed by atoms with E-state index in [1.54, 1.807) is 11.3 Å². The molecule has 24 heavy (non-hydrogen) atoms. The van der Waals surface area contributed by atoms with Gasteiger partial charge in [-0.2, -0.15) is 0 Å². The van der Waals surface area contributed by atoms with Crippen molar-refractivity contribution in [2.75, 3.05) is 70.5 Å². The first-order valence-electron chi connectivity index (χ1n) is 8.80. The van der Waals surface area contributed by atoms with Gasteiger partial charge in [-0.05, 0) is 19.4 Å². The third kappa shape index (κ3) is 5.06. The molecule has 2 fully saturated rings. The van der Waals surface area contributed by atoms with Crippen LogP contribution in [0.25, 0.3) is 0 Å². The zero-order chi connectivity index (χ0) is 16.6. The first kappa shape index (κ1) is 17.4. The highest BCUT2D eigenvalue weighted by Crippen LogP contribution is 2.18. The number of carbonyl (C=O) groups excluding carboxylic acids is 1. The number of anilines is 1. The van der Waals surface area contributed by atoms with Gasteiger partial charge in [0.25, 0.3) is 0 Å². The van der Waals surface area contributed by atoms with Gasteiger partial charge >= 0.3 is 6.03 Å². The molecule has 0 spiro atoms. The molecule has 2 amide bonds. The van der Waals surface area contributed by atoms with E-state index in [0.29, 0.717) is 0 Å². The number of urea groups is 1. The van der Waals surface area contributed by atoms with Gasteiger partial charge in [0.15, 0.2) is 5.13 Å². The standard InChI is InChI=1S/C16H27N5O2S/c22-15(17-3-1-2-5-19-10-12-23-13-11-19)20-6-8-21(9-7-20)16-18-4-14-24-16/h4,14H,1-3,5-13H2,(H,17,22). The number of piperazine rings is 1. The van der Waals surface area contributed by atoms with Crippen molar-refractivity contribution in [2.45, 2.75) is 12.8 Å².